The first-order valence-corrected chi connectivity index (χ1v) is 8.18. The van der Waals surface area contributed by atoms with Crippen molar-refractivity contribution < 1.29 is 0 Å². The highest BCUT2D eigenvalue weighted by Gasteiger charge is 2.18. The van der Waals surface area contributed by atoms with Gasteiger partial charge >= 0.3 is 0 Å². The molecule has 0 aliphatic carbocycles. The molecule has 1 aliphatic rings. The summed E-state index contributed by atoms with van der Waals surface area (Å²) in [4.78, 5) is 6.77. The summed E-state index contributed by atoms with van der Waals surface area (Å²) in [6.07, 6.45) is 8.90. The molecule has 0 amide bonds. The first-order chi connectivity index (χ1) is 10.3. The van der Waals surface area contributed by atoms with Crippen LogP contribution in [0, 0.1) is 0 Å². The summed E-state index contributed by atoms with van der Waals surface area (Å²) in [5, 5.41) is 6.17. The molecule has 0 spiro atoms. The smallest absolute Gasteiger partial charge is 0.0348 e. The van der Waals surface area contributed by atoms with Gasteiger partial charge in [-0.1, -0.05) is 19.4 Å². The van der Waals surface area contributed by atoms with E-state index >= 15 is 0 Å². The third-order valence-electron chi connectivity index (χ3n) is 4.43. The van der Waals surface area contributed by atoms with Crippen LogP contribution in [0.15, 0.2) is 36.7 Å². The summed E-state index contributed by atoms with van der Waals surface area (Å²) in [6.45, 7) is 6.00. The Kier molecular flexibility index (Phi) is 4.71. The van der Waals surface area contributed by atoms with Gasteiger partial charge in [-0.3, -0.25) is 4.98 Å². The highest BCUT2D eigenvalue weighted by Crippen LogP contribution is 2.21. The summed E-state index contributed by atoms with van der Waals surface area (Å²) in [7, 11) is 0. The van der Waals surface area contributed by atoms with Crippen molar-refractivity contribution in [3.63, 3.8) is 0 Å². The minimum Gasteiger partial charge on any atom is -0.382 e. The normalized spacial score (nSPS) is 17.2. The van der Waals surface area contributed by atoms with Gasteiger partial charge in [-0.2, -0.15) is 0 Å². The number of nitrogens with one attached hydrogen (secondary N) is 1. The molecule has 0 unspecified atom stereocenters. The van der Waals surface area contributed by atoms with Crippen LogP contribution in [0.25, 0.3) is 10.8 Å². The number of nitrogens with zero attached hydrogens (tertiary/aromatic N) is 2. The summed E-state index contributed by atoms with van der Waals surface area (Å²) in [5.41, 5.74) is 1.24. The van der Waals surface area contributed by atoms with Gasteiger partial charge in [0.2, 0.25) is 0 Å². The molecule has 0 atom stereocenters. The fraction of sp³-hybridized carbons (Fsp3) is 0.500. The molecular formula is C18H25N3. The van der Waals surface area contributed by atoms with Gasteiger partial charge in [-0.15, -0.1) is 0 Å². The predicted octanol–water partition coefficient (Wildman–Crippen LogP) is 3.91. The van der Waals surface area contributed by atoms with Crippen LogP contribution in [0.1, 0.15) is 32.6 Å². The summed E-state index contributed by atoms with van der Waals surface area (Å²) < 4.78 is 0. The zero-order valence-electron chi connectivity index (χ0n) is 12.9. The second-order valence-electron chi connectivity index (χ2n) is 6.05. The van der Waals surface area contributed by atoms with Crippen molar-refractivity contribution in [2.24, 2.45) is 0 Å². The number of pyridine rings is 1. The summed E-state index contributed by atoms with van der Waals surface area (Å²) in [6, 6.07) is 9.25. The molecule has 1 aromatic heterocycles. The van der Waals surface area contributed by atoms with E-state index < -0.39 is 0 Å². The Hall–Kier alpha value is -1.61. The minimum atomic E-state index is 0.613. The lowest BCUT2D eigenvalue weighted by atomic mass is 10.0. The maximum Gasteiger partial charge on any atom is 0.0348 e. The number of piperidine rings is 1. The Morgan fingerprint density at radius 1 is 1.19 bits per heavy atom. The van der Waals surface area contributed by atoms with Crippen LogP contribution >= 0.6 is 0 Å². The maximum absolute atomic E-state index is 4.17. The Bertz CT molecular complexity index is 573. The van der Waals surface area contributed by atoms with Crippen LogP contribution in [-0.2, 0) is 0 Å². The van der Waals surface area contributed by atoms with Gasteiger partial charge in [0.1, 0.15) is 0 Å². The van der Waals surface area contributed by atoms with Crippen LogP contribution in [0.4, 0.5) is 5.69 Å². The summed E-state index contributed by atoms with van der Waals surface area (Å²) >= 11 is 0. The Morgan fingerprint density at radius 2 is 2.05 bits per heavy atom. The lowest BCUT2D eigenvalue weighted by Crippen LogP contribution is -2.39. The van der Waals surface area contributed by atoms with E-state index in [9.17, 15) is 0 Å². The van der Waals surface area contributed by atoms with Gasteiger partial charge in [-0.05, 0) is 49.4 Å². The molecule has 1 aliphatic heterocycles. The van der Waals surface area contributed by atoms with Crippen molar-refractivity contribution in [1.29, 1.82) is 0 Å². The SMILES string of the molecule is CCCCN1CCC(Nc2ccc3cnccc3c2)CC1. The molecule has 1 saturated heterocycles. The molecular weight excluding hydrogens is 258 g/mol. The molecule has 1 aromatic carbocycles. The average molecular weight is 283 g/mol. The van der Waals surface area contributed by atoms with E-state index in [0.29, 0.717) is 6.04 Å². The van der Waals surface area contributed by atoms with Gasteiger partial charge in [0, 0.05) is 42.6 Å². The Labute approximate surface area is 127 Å². The van der Waals surface area contributed by atoms with Crippen LogP contribution in [0.5, 0.6) is 0 Å². The fourth-order valence-corrected chi connectivity index (χ4v) is 3.09. The van der Waals surface area contributed by atoms with E-state index in [1.54, 1.807) is 0 Å². The summed E-state index contributed by atoms with van der Waals surface area (Å²) in [5.74, 6) is 0. The van der Waals surface area contributed by atoms with Crippen molar-refractivity contribution in [3.05, 3.63) is 36.7 Å². The molecule has 0 radical (unpaired) electrons. The molecule has 3 rings (SSSR count). The third-order valence-corrected chi connectivity index (χ3v) is 4.43. The van der Waals surface area contributed by atoms with Crippen molar-refractivity contribution in [1.82, 2.24) is 9.88 Å². The number of unbranched alkanes of at least 4 members (excludes halogenated alkanes) is 1. The molecule has 2 heterocycles. The number of fused-ring (bicyclic) bond motifs is 1. The zero-order chi connectivity index (χ0) is 14.5. The molecule has 0 saturated carbocycles. The Balaban J connectivity index is 1.56. The molecule has 112 valence electrons. The zero-order valence-corrected chi connectivity index (χ0v) is 12.9. The van der Waals surface area contributed by atoms with E-state index in [1.165, 1.54) is 61.8 Å². The molecule has 0 bridgehead atoms. The number of likely N-dealkylation sites (tertiary alicyclic amines) is 1. The van der Waals surface area contributed by atoms with Gasteiger partial charge < -0.3 is 10.2 Å². The van der Waals surface area contributed by atoms with E-state index in [2.05, 4.69) is 46.4 Å². The standard InChI is InChI=1S/C18H25N3/c1-2-3-10-21-11-7-17(8-12-21)20-18-5-4-16-14-19-9-6-15(16)13-18/h4-6,9,13-14,17,20H,2-3,7-8,10-12H2,1H3. The predicted molar refractivity (Wildman–Crippen MR) is 89.7 cm³/mol. The average Bonchev–Trinajstić information content (AvgIpc) is 2.54. The number of hydrogen-bond acceptors (Lipinski definition) is 3. The molecule has 1 fully saturated rings. The van der Waals surface area contributed by atoms with E-state index in [1.807, 2.05) is 12.4 Å². The topological polar surface area (TPSA) is 28.2 Å². The molecule has 21 heavy (non-hydrogen) atoms. The molecule has 3 nitrogen and oxygen atoms in total. The van der Waals surface area contributed by atoms with Crippen molar-refractivity contribution in [2.45, 2.75) is 38.6 Å². The fourth-order valence-electron chi connectivity index (χ4n) is 3.09. The van der Waals surface area contributed by atoms with Gasteiger partial charge in [0.05, 0.1) is 0 Å². The number of aromatic nitrogens is 1. The van der Waals surface area contributed by atoms with Gasteiger partial charge in [0.25, 0.3) is 0 Å². The highest BCUT2D eigenvalue weighted by molar-refractivity contribution is 5.84. The molecule has 1 N–H and O–H groups in total. The second kappa shape index (κ2) is 6.90. The quantitative estimate of drug-likeness (QED) is 0.901. The first-order valence-electron chi connectivity index (χ1n) is 8.18. The monoisotopic (exact) mass is 283 g/mol. The largest absolute Gasteiger partial charge is 0.382 e. The first kappa shape index (κ1) is 14.3. The van der Waals surface area contributed by atoms with Crippen LogP contribution in [0.3, 0.4) is 0 Å². The number of rotatable bonds is 5. The second-order valence-corrected chi connectivity index (χ2v) is 6.05. The number of benzene rings is 1. The molecule has 3 heteroatoms. The van der Waals surface area contributed by atoms with Crippen molar-refractivity contribution in [2.75, 3.05) is 25.0 Å². The highest BCUT2D eigenvalue weighted by atomic mass is 15.1. The van der Waals surface area contributed by atoms with Crippen molar-refractivity contribution >= 4 is 16.5 Å². The van der Waals surface area contributed by atoms with Crippen LogP contribution in [-0.4, -0.2) is 35.6 Å². The van der Waals surface area contributed by atoms with Gasteiger partial charge in [0.15, 0.2) is 0 Å². The lowest BCUT2D eigenvalue weighted by molar-refractivity contribution is 0.216. The molecule has 2 aromatic rings. The van der Waals surface area contributed by atoms with E-state index in [-0.39, 0.29) is 0 Å². The maximum atomic E-state index is 4.17. The van der Waals surface area contributed by atoms with Crippen LogP contribution in [0.2, 0.25) is 0 Å². The lowest BCUT2D eigenvalue weighted by Gasteiger charge is -2.32. The van der Waals surface area contributed by atoms with E-state index in [4.69, 9.17) is 0 Å². The minimum absolute atomic E-state index is 0.613. The number of hydrogen-bond donors (Lipinski definition) is 1. The van der Waals surface area contributed by atoms with Gasteiger partial charge in [-0.25, -0.2) is 0 Å². The number of anilines is 1. The Morgan fingerprint density at radius 3 is 2.86 bits per heavy atom. The van der Waals surface area contributed by atoms with E-state index in [0.717, 1.165) is 0 Å². The van der Waals surface area contributed by atoms with Crippen molar-refractivity contribution in [3.8, 4) is 0 Å². The third kappa shape index (κ3) is 3.73. The van der Waals surface area contributed by atoms with Crippen LogP contribution < -0.4 is 5.32 Å².